The van der Waals surface area contributed by atoms with Crippen molar-refractivity contribution >= 4 is 14.7 Å². The van der Waals surface area contributed by atoms with E-state index in [0.717, 1.165) is 0 Å². The molecule has 0 amide bonds. The molecule has 1 aromatic carbocycles. The number of rotatable bonds is 7. The summed E-state index contributed by atoms with van der Waals surface area (Å²) in [6.45, 7) is 11.4. The van der Waals surface area contributed by atoms with Crippen molar-refractivity contribution < 1.29 is 58.9 Å². The van der Waals surface area contributed by atoms with Gasteiger partial charge >= 0.3 is 21.7 Å². The Bertz CT molecular complexity index is 575. The Hall–Kier alpha value is 0.501. The fourth-order valence-corrected chi connectivity index (χ4v) is 6.00. The first kappa shape index (κ1) is 31.2. The second kappa shape index (κ2) is 15.4. The minimum atomic E-state index is -0.332. The zero-order valence-electron chi connectivity index (χ0n) is 16.7. The maximum absolute atomic E-state index is 3.78. The molecule has 0 heterocycles. The number of hydrogen-bond donors (Lipinski definition) is 0. The van der Waals surface area contributed by atoms with Crippen LogP contribution in [0.4, 0.5) is 0 Å². The quantitative estimate of drug-likeness (QED) is 0.217. The topological polar surface area (TPSA) is 0 Å². The van der Waals surface area contributed by atoms with Crippen LogP contribution in [0.1, 0.15) is 64.0 Å². The van der Waals surface area contributed by atoms with Crippen molar-refractivity contribution in [3.8, 4) is 0 Å². The SMILES string of the molecule is CCCCCC1=[C-]C(C(C)C)=C([SiH2]c2cc(C)cc(C)c2)C1.[Cl-].[Cl-].[Cl-].[Ti+4]. The molecule has 1 aromatic rings. The van der Waals surface area contributed by atoms with Crippen molar-refractivity contribution in [3.63, 3.8) is 0 Å². The average Bonchev–Trinajstić information content (AvgIpc) is 2.81. The van der Waals surface area contributed by atoms with Crippen LogP contribution >= 0.6 is 0 Å². The van der Waals surface area contributed by atoms with Crippen LogP contribution in [0.2, 0.25) is 0 Å². The molecular formula is C21H31Cl3SiTi. The predicted molar refractivity (Wildman–Crippen MR) is 101 cm³/mol. The Balaban J connectivity index is -0.00000132. The number of allylic oxidation sites excluding steroid dienone is 4. The minimum absolute atomic E-state index is 0. The molecular weight excluding hydrogens is 435 g/mol. The van der Waals surface area contributed by atoms with Crippen LogP contribution in [0.5, 0.6) is 0 Å². The van der Waals surface area contributed by atoms with Gasteiger partial charge in [-0.1, -0.05) is 93.3 Å². The summed E-state index contributed by atoms with van der Waals surface area (Å²) in [5.74, 6) is 0.622. The van der Waals surface area contributed by atoms with Crippen LogP contribution in [0.25, 0.3) is 0 Å². The van der Waals surface area contributed by atoms with Crippen molar-refractivity contribution in [2.45, 2.75) is 66.7 Å². The molecule has 0 nitrogen and oxygen atoms in total. The van der Waals surface area contributed by atoms with Gasteiger partial charge in [0.1, 0.15) is 0 Å². The molecule has 0 fully saturated rings. The predicted octanol–water partition coefficient (Wildman–Crippen LogP) is -4.27. The second-order valence-electron chi connectivity index (χ2n) is 7.21. The summed E-state index contributed by atoms with van der Waals surface area (Å²) < 4.78 is 0. The van der Waals surface area contributed by atoms with E-state index >= 15 is 0 Å². The summed E-state index contributed by atoms with van der Waals surface area (Å²) in [5, 5.41) is 3.34. The van der Waals surface area contributed by atoms with Crippen LogP contribution in [0.3, 0.4) is 0 Å². The molecule has 0 saturated carbocycles. The molecule has 0 spiro atoms. The van der Waals surface area contributed by atoms with Crippen LogP contribution in [-0.4, -0.2) is 9.52 Å². The summed E-state index contributed by atoms with van der Waals surface area (Å²) >= 11 is 0. The Morgan fingerprint density at radius 1 is 1.00 bits per heavy atom. The third-order valence-electron chi connectivity index (χ3n) is 4.48. The van der Waals surface area contributed by atoms with E-state index in [1.54, 1.807) is 16.0 Å². The van der Waals surface area contributed by atoms with Gasteiger partial charge in [0.05, 0.1) is 0 Å². The molecule has 0 atom stereocenters. The van der Waals surface area contributed by atoms with Gasteiger partial charge in [-0.3, -0.25) is 0 Å². The number of unbranched alkanes of at least 4 members (excludes halogenated alkanes) is 2. The Morgan fingerprint density at radius 3 is 2.08 bits per heavy atom. The molecule has 1 aliphatic carbocycles. The molecule has 0 aliphatic heterocycles. The van der Waals surface area contributed by atoms with Crippen LogP contribution in [0.15, 0.2) is 34.5 Å². The Morgan fingerprint density at radius 2 is 1.58 bits per heavy atom. The standard InChI is InChI=1S/C21H31Si.3ClH.Ti/c1-6-7-8-9-18-13-20(15(2)3)21(14-18)22-19-11-16(4)10-17(5)12-19;;;;/h10-12,15H,6-9,14,22H2,1-5H3;3*1H;/q-1;;;;+4/p-3. The van der Waals surface area contributed by atoms with Gasteiger partial charge in [-0.25, -0.2) is 16.8 Å². The van der Waals surface area contributed by atoms with E-state index in [9.17, 15) is 0 Å². The second-order valence-corrected chi connectivity index (χ2v) is 9.23. The summed E-state index contributed by atoms with van der Waals surface area (Å²) in [6, 6.07) is 7.09. The largest absolute Gasteiger partial charge is 4.00 e. The van der Waals surface area contributed by atoms with E-state index in [-0.39, 0.29) is 68.5 Å². The number of halogens is 3. The first-order valence-electron chi connectivity index (χ1n) is 8.90. The molecule has 0 unspecified atom stereocenters. The molecule has 0 bridgehead atoms. The van der Waals surface area contributed by atoms with Crippen molar-refractivity contribution in [3.05, 3.63) is 51.7 Å². The molecule has 144 valence electrons. The summed E-state index contributed by atoms with van der Waals surface area (Å²) in [7, 11) is -0.332. The summed E-state index contributed by atoms with van der Waals surface area (Å²) in [5.41, 5.74) is 5.93. The van der Waals surface area contributed by atoms with Crippen molar-refractivity contribution in [1.29, 1.82) is 0 Å². The van der Waals surface area contributed by atoms with Gasteiger partial charge in [0, 0.05) is 0 Å². The summed E-state index contributed by atoms with van der Waals surface area (Å²) in [6.07, 6.45) is 10.3. The summed E-state index contributed by atoms with van der Waals surface area (Å²) in [4.78, 5) is 0. The van der Waals surface area contributed by atoms with Gasteiger partial charge in [-0.2, -0.15) is 5.57 Å². The number of hydrogen-bond acceptors (Lipinski definition) is 0. The Kier molecular flexibility index (Phi) is 18.5. The number of benzene rings is 1. The molecule has 2 rings (SSSR count). The maximum Gasteiger partial charge on any atom is 4.00 e. The van der Waals surface area contributed by atoms with Crippen molar-refractivity contribution in [1.82, 2.24) is 0 Å². The van der Waals surface area contributed by atoms with E-state index in [1.807, 2.05) is 0 Å². The van der Waals surface area contributed by atoms with Gasteiger partial charge < -0.3 is 37.2 Å². The van der Waals surface area contributed by atoms with E-state index in [1.165, 1.54) is 48.8 Å². The molecule has 0 saturated heterocycles. The van der Waals surface area contributed by atoms with Gasteiger partial charge in [0.15, 0.2) is 0 Å². The van der Waals surface area contributed by atoms with E-state index in [4.69, 9.17) is 0 Å². The monoisotopic (exact) mass is 464 g/mol. The van der Waals surface area contributed by atoms with Crippen LogP contribution in [0, 0.1) is 25.8 Å². The normalized spacial score (nSPS) is 13.1. The van der Waals surface area contributed by atoms with Gasteiger partial charge in [-0.05, 0) is 23.4 Å². The van der Waals surface area contributed by atoms with Crippen molar-refractivity contribution in [2.24, 2.45) is 5.92 Å². The minimum Gasteiger partial charge on any atom is -1.00 e. The van der Waals surface area contributed by atoms with E-state index in [2.05, 4.69) is 58.9 Å². The van der Waals surface area contributed by atoms with E-state index in [0.29, 0.717) is 5.92 Å². The van der Waals surface area contributed by atoms with Crippen LogP contribution < -0.4 is 42.4 Å². The zero-order chi connectivity index (χ0) is 16.1. The Labute approximate surface area is 197 Å². The fraction of sp³-hybridized carbons (Fsp3) is 0.524. The first-order valence-corrected chi connectivity index (χ1v) is 10.3. The number of aryl methyl sites for hydroxylation is 2. The first-order chi connectivity index (χ1) is 10.5. The third-order valence-corrected chi connectivity index (χ3v) is 6.35. The molecule has 1 aliphatic rings. The van der Waals surface area contributed by atoms with Crippen molar-refractivity contribution in [2.75, 3.05) is 0 Å². The van der Waals surface area contributed by atoms with Gasteiger partial charge in [0.25, 0.3) is 0 Å². The van der Waals surface area contributed by atoms with Crippen LogP contribution in [-0.2, 0) is 21.7 Å². The van der Waals surface area contributed by atoms with E-state index < -0.39 is 0 Å². The fourth-order valence-electron chi connectivity index (χ4n) is 3.54. The smallest absolute Gasteiger partial charge is 1.00 e. The molecule has 5 heteroatoms. The molecule has 26 heavy (non-hydrogen) atoms. The maximum atomic E-state index is 3.78. The molecule has 0 radical (unpaired) electrons. The zero-order valence-corrected chi connectivity index (χ0v) is 21.9. The average molecular weight is 466 g/mol. The molecule has 0 aromatic heterocycles. The third kappa shape index (κ3) is 9.62. The van der Waals surface area contributed by atoms with Gasteiger partial charge in [-0.15, -0.1) is 0 Å². The molecule has 0 N–H and O–H groups in total. The van der Waals surface area contributed by atoms with Gasteiger partial charge in [0.2, 0.25) is 0 Å².